The number of sulfonamides is 1. The number of carbonyl (C=O) groups is 1. The Morgan fingerprint density at radius 3 is 2.57 bits per heavy atom. The lowest BCUT2D eigenvalue weighted by Crippen LogP contribution is -2.34. The summed E-state index contributed by atoms with van der Waals surface area (Å²) >= 11 is 2.94. The highest BCUT2D eigenvalue weighted by Gasteiger charge is 2.17. The summed E-state index contributed by atoms with van der Waals surface area (Å²) in [5, 5.41) is 3.53. The van der Waals surface area contributed by atoms with Crippen molar-refractivity contribution < 1.29 is 17.9 Å². The quantitative estimate of drug-likeness (QED) is 0.815. The second-order valence-electron chi connectivity index (χ2n) is 3.95. The van der Waals surface area contributed by atoms with Gasteiger partial charge in [0.2, 0.25) is 0 Å². The fourth-order valence-electron chi connectivity index (χ4n) is 1.48. The van der Waals surface area contributed by atoms with E-state index < -0.39 is 15.9 Å². The monoisotopic (exact) mass is 343 g/mol. The van der Waals surface area contributed by atoms with Gasteiger partial charge in [-0.1, -0.05) is 0 Å². The topological polar surface area (TPSA) is 72.5 Å². The maximum Gasteiger partial charge on any atom is 0.271 e. The van der Waals surface area contributed by atoms with E-state index in [1.54, 1.807) is 29.0 Å². The third kappa shape index (κ3) is 4.48. The molecule has 1 aromatic carbocycles. The van der Waals surface area contributed by atoms with Gasteiger partial charge < -0.3 is 4.74 Å². The first-order valence-corrected chi connectivity index (χ1v) is 9.51. The van der Waals surface area contributed by atoms with Gasteiger partial charge in [-0.25, -0.2) is 13.1 Å². The van der Waals surface area contributed by atoms with Gasteiger partial charge in [-0.05, 0) is 42.0 Å². The average Bonchev–Trinajstić information content (AvgIpc) is 2.98. The molecule has 0 fully saturated rings. The molecule has 2 aromatic rings. The number of rotatable bonds is 6. The van der Waals surface area contributed by atoms with Crippen LogP contribution >= 0.6 is 23.1 Å². The van der Waals surface area contributed by atoms with E-state index in [9.17, 15) is 13.2 Å². The normalized spacial score (nSPS) is 11.1. The molecule has 2 rings (SSSR count). The van der Waals surface area contributed by atoms with Crippen LogP contribution < -0.4 is 9.46 Å². The predicted octanol–water partition coefficient (Wildman–Crippen LogP) is 2.35. The van der Waals surface area contributed by atoms with Crippen LogP contribution in [0, 0.1) is 0 Å². The maximum atomic E-state index is 12.0. The van der Waals surface area contributed by atoms with E-state index in [1.807, 2.05) is 11.0 Å². The molecule has 0 saturated carbocycles. The standard InChI is InChI=1S/C13H13NO4S3/c1-19-11-2-4-12(5-3-11)21(16,17)14-13(15)8-18-10-6-7-20-9-10/h2-7,9H,8H2,1H3,(H,14,15). The van der Waals surface area contributed by atoms with E-state index in [1.165, 1.54) is 35.2 Å². The molecule has 0 spiro atoms. The molecule has 0 atom stereocenters. The summed E-state index contributed by atoms with van der Waals surface area (Å²) in [6.45, 7) is -0.348. The zero-order valence-electron chi connectivity index (χ0n) is 11.1. The number of amides is 1. The van der Waals surface area contributed by atoms with Gasteiger partial charge in [-0.15, -0.1) is 23.1 Å². The Morgan fingerprint density at radius 1 is 1.29 bits per heavy atom. The van der Waals surface area contributed by atoms with Gasteiger partial charge >= 0.3 is 0 Å². The van der Waals surface area contributed by atoms with Crippen LogP contribution in [0.15, 0.2) is 50.9 Å². The lowest BCUT2D eigenvalue weighted by atomic mass is 10.4. The minimum Gasteiger partial charge on any atom is -0.483 e. The van der Waals surface area contributed by atoms with Crippen molar-refractivity contribution in [3.63, 3.8) is 0 Å². The number of carbonyl (C=O) groups excluding carboxylic acids is 1. The summed E-state index contributed by atoms with van der Waals surface area (Å²) in [6, 6.07) is 7.99. The Hall–Kier alpha value is -1.51. The number of thioether (sulfide) groups is 1. The summed E-state index contributed by atoms with van der Waals surface area (Å²) in [5.41, 5.74) is 0. The first kappa shape index (κ1) is 15.9. The molecule has 0 bridgehead atoms. The number of hydrogen-bond donors (Lipinski definition) is 1. The molecule has 1 amide bonds. The van der Waals surface area contributed by atoms with E-state index in [2.05, 4.69) is 0 Å². The molecule has 1 aromatic heterocycles. The van der Waals surface area contributed by atoms with Crippen molar-refractivity contribution in [3.05, 3.63) is 41.1 Å². The lowest BCUT2D eigenvalue weighted by Gasteiger charge is -2.08. The first-order chi connectivity index (χ1) is 10.0. The van der Waals surface area contributed by atoms with Crippen LogP contribution in [0.3, 0.4) is 0 Å². The maximum absolute atomic E-state index is 12.0. The second-order valence-corrected chi connectivity index (χ2v) is 7.29. The SMILES string of the molecule is CSc1ccc(S(=O)(=O)NC(=O)COc2ccsc2)cc1. The lowest BCUT2D eigenvalue weighted by molar-refractivity contribution is -0.121. The van der Waals surface area contributed by atoms with Gasteiger partial charge in [0, 0.05) is 10.3 Å². The molecular formula is C13H13NO4S3. The van der Waals surface area contributed by atoms with E-state index in [0.29, 0.717) is 5.75 Å². The van der Waals surface area contributed by atoms with Crippen molar-refractivity contribution >= 4 is 39.0 Å². The molecule has 0 aliphatic heterocycles. The molecular weight excluding hydrogens is 330 g/mol. The first-order valence-electron chi connectivity index (χ1n) is 5.86. The fraction of sp³-hybridized carbons (Fsp3) is 0.154. The van der Waals surface area contributed by atoms with Crippen molar-refractivity contribution in [3.8, 4) is 5.75 Å². The van der Waals surface area contributed by atoms with Crippen LogP contribution in [0.4, 0.5) is 0 Å². The average molecular weight is 343 g/mol. The van der Waals surface area contributed by atoms with Crippen molar-refractivity contribution in [1.82, 2.24) is 4.72 Å². The molecule has 0 aliphatic rings. The molecule has 8 heteroatoms. The van der Waals surface area contributed by atoms with Crippen molar-refractivity contribution in [2.75, 3.05) is 12.9 Å². The Balaban J connectivity index is 1.97. The van der Waals surface area contributed by atoms with E-state index in [-0.39, 0.29) is 11.5 Å². The van der Waals surface area contributed by atoms with Gasteiger partial charge in [0.05, 0.1) is 4.90 Å². The molecule has 112 valence electrons. The van der Waals surface area contributed by atoms with Crippen LogP contribution in [0.1, 0.15) is 0 Å². The number of ether oxygens (including phenoxy) is 1. The van der Waals surface area contributed by atoms with E-state index >= 15 is 0 Å². The number of thiophene rings is 1. The zero-order valence-corrected chi connectivity index (χ0v) is 13.6. The molecule has 0 radical (unpaired) electrons. The Morgan fingerprint density at radius 2 is 2.00 bits per heavy atom. The predicted molar refractivity (Wildman–Crippen MR) is 83.4 cm³/mol. The Kier molecular flexibility index (Phi) is 5.27. The summed E-state index contributed by atoms with van der Waals surface area (Å²) in [7, 11) is -3.86. The molecule has 5 nitrogen and oxygen atoms in total. The highest BCUT2D eigenvalue weighted by atomic mass is 32.2. The Bertz CT molecular complexity index is 694. The van der Waals surface area contributed by atoms with Gasteiger partial charge in [-0.3, -0.25) is 4.79 Å². The van der Waals surface area contributed by atoms with Crippen LogP contribution in [0.25, 0.3) is 0 Å². The highest BCUT2D eigenvalue weighted by molar-refractivity contribution is 7.98. The van der Waals surface area contributed by atoms with Gasteiger partial charge in [0.15, 0.2) is 6.61 Å². The van der Waals surface area contributed by atoms with Crippen molar-refractivity contribution in [1.29, 1.82) is 0 Å². The second kappa shape index (κ2) is 6.97. The fourth-order valence-corrected chi connectivity index (χ4v) is 3.43. The van der Waals surface area contributed by atoms with Crippen molar-refractivity contribution in [2.45, 2.75) is 9.79 Å². The summed E-state index contributed by atoms with van der Waals surface area (Å²) in [6.07, 6.45) is 1.90. The number of nitrogens with one attached hydrogen (secondary N) is 1. The smallest absolute Gasteiger partial charge is 0.271 e. The summed E-state index contributed by atoms with van der Waals surface area (Å²) < 4.78 is 31.2. The highest BCUT2D eigenvalue weighted by Crippen LogP contribution is 2.17. The largest absolute Gasteiger partial charge is 0.483 e. The minimum atomic E-state index is -3.86. The van der Waals surface area contributed by atoms with Gasteiger partial charge in [0.1, 0.15) is 5.75 Å². The van der Waals surface area contributed by atoms with Gasteiger partial charge in [-0.2, -0.15) is 0 Å². The molecule has 1 N–H and O–H groups in total. The number of hydrogen-bond acceptors (Lipinski definition) is 6. The van der Waals surface area contributed by atoms with Crippen LogP contribution in [-0.2, 0) is 14.8 Å². The van der Waals surface area contributed by atoms with Crippen molar-refractivity contribution in [2.24, 2.45) is 0 Å². The third-order valence-corrected chi connectivity index (χ3v) is 5.28. The van der Waals surface area contributed by atoms with Crippen LogP contribution in [-0.4, -0.2) is 27.2 Å². The number of benzene rings is 1. The summed E-state index contributed by atoms with van der Waals surface area (Å²) in [4.78, 5) is 12.6. The molecule has 0 unspecified atom stereocenters. The molecule has 21 heavy (non-hydrogen) atoms. The van der Waals surface area contributed by atoms with E-state index in [4.69, 9.17) is 4.74 Å². The zero-order chi connectivity index (χ0) is 15.3. The third-order valence-electron chi connectivity index (χ3n) is 2.48. The minimum absolute atomic E-state index is 0.0455. The van der Waals surface area contributed by atoms with Gasteiger partial charge in [0.25, 0.3) is 15.9 Å². The Labute approximate surface area is 131 Å². The molecule has 1 heterocycles. The summed E-state index contributed by atoms with van der Waals surface area (Å²) in [5.74, 6) is -0.174. The molecule has 0 aliphatic carbocycles. The van der Waals surface area contributed by atoms with Crippen LogP contribution in [0.2, 0.25) is 0 Å². The van der Waals surface area contributed by atoms with Crippen LogP contribution in [0.5, 0.6) is 5.75 Å². The molecule has 0 saturated heterocycles. The van der Waals surface area contributed by atoms with E-state index in [0.717, 1.165) is 4.90 Å².